The molecule has 2 aromatic carbocycles. The molecule has 130 valence electrons. The molecule has 5 heteroatoms. The maximum Gasteiger partial charge on any atom is 0.272 e. The lowest BCUT2D eigenvalue weighted by Gasteiger charge is -2.09. The Morgan fingerprint density at radius 3 is 2.62 bits per heavy atom. The van der Waals surface area contributed by atoms with Crippen LogP contribution >= 0.6 is 15.9 Å². The third-order valence-electron chi connectivity index (χ3n) is 4.56. The van der Waals surface area contributed by atoms with Gasteiger partial charge in [-0.3, -0.25) is 9.78 Å². The Morgan fingerprint density at radius 2 is 1.88 bits per heavy atom. The Hall–Kier alpha value is -2.53. The van der Waals surface area contributed by atoms with E-state index in [2.05, 4.69) is 26.5 Å². The molecule has 26 heavy (non-hydrogen) atoms. The van der Waals surface area contributed by atoms with E-state index >= 15 is 0 Å². The molecule has 1 saturated carbocycles. The van der Waals surface area contributed by atoms with Gasteiger partial charge >= 0.3 is 0 Å². The zero-order valence-corrected chi connectivity index (χ0v) is 16.0. The molecule has 0 unspecified atom stereocenters. The Balaban J connectivity index is 1.63. The number of carbonyl (C=O) groups excluding carboxylic acids is 1. The highest BCUT2D eigenvalue weighted by atomic mass is 79.9. The summed E-state index contributed by atoms with van der Waals surface area (Å²) in [6, 6.07) is 17.5. The molecular weight excluding hydrogens is 390 g/mol. The molecule has 0 aliphatic heterocycles. The van der Waals surface area contributed by atoms with Crippen molar-refractivity contribution >= 4 is 38.5 Å². The number of amides is 1. The van der Waals surface area contributed by atoms with E-state index in [-0.39, 0.29) is 5.91 Å². The number of halogens is 1. The maximum absolute atomic E-state index is 12.8. The van der Waals surface area contributed by atoms with Gasteiger partial charge in [-0.05, 0) is 49.6 Å². The number of nitrogens with zero attached hydrogens (tertiary/aromatic N) is 2. The summed E-state index contributed by atoms with van der Waals surface area (Å²) in [6.07, 6.45) is 2.29. The number of nitrogens with one attached hydrogen (secondary N) is 1. The Morgan fingerprint density at radius 1 is 1.15 bits per heavy atom. The number of carbonyl (C=O) groups is 1. The lowest BCUT2D eigenvalue weighted by molar-refractivity contribution is 0.0956. The van der Waals surface area contributed by atoms with E-state index in [9.17, 15) is 4.79 Å². The van der Waals surface area contributed by atoms with Gasteiger partial charge in [0.25, 0.3) is 5.91 Å². The predicted octanol–water partition coefficient (Wildman–Crippen LogP) is 5.03. The van der Waals surface area contributed by atoms with Crippen LogP contribution in [0.2, 0.25) is 0 Å². The molecule has 0 radical (unpaired) electrons. The van der Waals surface area contributed by atoms with E-state index in [0.717, 1.165) is 45.2 Å². The highest BCUT2D eigenvalue weighted by molar-refractivity contribution is 9.10. The first kappa shape index (κ1) is 16.9. The highest BCUT2D eigenvalue weighted by Gasteiger charge is 2.26. The van der Waals surface area contributed by atoms with Crippen molar-refractivity contribution in [1.29, 1.82) is 0 Å². The SMILES string of the molecule is C/C(=N/NC(=O)c1cc(C2CC2)nc2ccccc12)c1ccc(Br)cc1. The number of fused-ring (bicyclic) bond motifs is 1. The average Bonchev–Trinajstić information content (AvgIpc) is 3.51. The highest BCUT2D eigenvalue weighted by Crippen LogP contribution is 2.40. The van der Waals surface area contributed by atoms with Crippen LogP contribution in [0.1, 0.15) is 47.3 Å². The Kier molecular flexibility index (Phi) is 4.55. The number of hydrogen-bond donors (Lipinski definition) is 1. The van der Waals surface area contributed by atoms with Crippen molar-refractivity contribution in [3.8, 4) is 0 Å². The van der Waals surface area contributed by atoms with E-state index in [1.54, 1.807) is 0 Å². The van der Waals surface area contributed by atoms with E-state index < -0.39 is 0 Å². The third-order valence-corrected chi connectivity index (χ3v) is 5.09. The Bertz CT molecular complexity index is 1010. The van der Waals surface area contributed by atoms with Gasteiger partial charge in [-0.25, -0.2) is 5.43 Å². The number of benzene rings is 2. The van der Waals surface area contributed by atoms with E-state index in [1.165, 1.54) is 0 Å². The molecule has 4 rings (SSSR count). The van der Waals surface area contributed by atoms with Crippen LogP contribution in [0.3, 0.4) is 0 Å². The number of rotatable bonds is 4. The summed E-state index contributed by atoms with van der Waals surface area (Å²) < 4.78 is 1.01. The van der Waals surface area contributed by atoms with Crippen LogP contribution in [-0.2, 0) is 0 Å². The summed E-state index contributed by atoms with van der Waals surface area (Å²) >= 11 is 3.42. The second kappa shape index (κ2) is 7.00. The smallest absolute Gasteiger partial charge is 0.267 e. The standard InChI is InChI=1S/C21H18BrN3O/c1-13(14-8-10-16(22)11-9-14)24-25-21(26)18-12-20(15-6-7-15)23-19-5-3-2-4-17(18)19/h2-5,8-12,15H,6-7H2,1H3,(H,25,26)/b24-13-. The number of hydrazone groups is 1. The summed E-state index contributed by atoms with van der Waals surface area (Å²) in [5.41, 5.74) is 6.91. The van der Waals surface area contributed by atoms with Crippen LogP contribution in [0.5, 0.6) is 0 Å². The van der Waals surface area contributed by atoms with Crippen molar-refractivity contribution in [3.05, 3.63) is 75.9 Å². The second-order valence-corrected chi connectivity index (χ2v) is 7.45. The molecule has 1 aromatic heterocycles. The van der Waals surface area contributed by atoms with Crippen molar-refractivity contribution in [2.45, 2.75) is 25.7 Å². The topological polar surface area (TPSA) is 54.4 Å². The normalized spacial score (nSPS) is 14.5. The minimum atomic E-state index is -0.207. The average molecular weight is 408 g/mol. The molecule has 0 bridgehead atoms. The molecule has 0 atom stereocenters. The minimum absolute atomic E-state index is 0.207. The number of para-hydroxylation sites is 1. The van der Waals surface area contributed by atoms with Crippen LogP contribution in [0.15, 0.2) is 64.2 Å². The first-order valence-corrected chi connectivity index (χ1v) is 9.41. The molecule has 1 fully saturated rings. The van der Waals surface area contributed by atoms with Crippen LogP contribution in [-0.4, -0.2) is 16.6 Å². The molecule has 4 nitrogen and oxygen atoms in total. The molecular formula is C21H18BrN3O. The van der Waals surface area contributed by atoms with Gasteiger partial charge in [0.2, 0.25) is 0 Å². The summed E-state index contributed by atoms with van der Waals surface area (Å²) in [5.74, 6) is 0.279. The fourth-order valence-corrected chi connectivity index (χ4v) is 3.19. The van der Waals surface area contributed by atoms with Gasteiger partial charge in [-0.15, -0.1) is 0 Å². The molecule has 1 heterocycles. The third kappa shape index (κ3) is 3.53. The van der Waals surface area contributed by atoms with E-state index in [1.807, 2.05) is 61.5 Å². The summed E-state index contributed by atoms with van der Waals surface area (Å²) in [7, 11) is 0. The zero-order valence-electron chi connectivity index (χ0n) is 14.4. The molecule has 1 aliphatic carbocycles. The molecule has 3 aromatic rings. The van der Waals surface area contributed by atoms with Gasteiger partial charge in [0.05, 0.1) is 16.8 Å². The van der Waals surface area contributed by atoms with Crippen LogP contribution in [0.4, 0.5) is 0 Å². The van der Waals surface area contributed by atoms with Crippen molar-refractivity contribution in [2.75, 3.05) is 0 Å². The fraction of sp³-hybridized carbons (Fsp3) is 0.190. The van der Waals surface area contributed by atoms with Crippen LogP contribution < -0.4 is 5.43 Å². The molecule has 1 N–H and O–H groups in total. The van der Waals surface area contributed by atoms with Gasteiger partial charge in [0.1, 0.15) is 0 Å². The molecule has 0 spiro atoms. The van der Waals surface area contributed by atoms with Gasteiger partial charge in [-0.1, -0.05) is 46.3 Å². The second-order valence-electron chi connectivity index (χ2n) is 6.53. The van der Waals surface area contributed by atoms with Gasteiger partial charge < -0.3 is 0 Å². The van der Waals surface area contributed by atoms with Crippen molar-refractivity contribution in [3.63, 3.8) is 0 Å². The number of hydrogen-bond acceptors (Lipinski definition) is 3. The van der Waals surface area contributed by atoms with Crippen LogP contribution in [0.25, 0.3) is 10.9 Å². The van der Waals surface area contributed by atoms with Crippen molar-refractivity contribution in [1.82, 2.24) is 10.4 Å². The summed E-state index contributed by atoms with van der Waals surface area (Å²) in [5, 5.41) is 5.13. The van der Waals surface area contributed by atoms with Gasteiger partial charge in [0, 0.05) is 21.5 Å². The summed E-state index contributed by atoms with van der Waals surface area (Å²) in [4.78, 5) is 17.5. The first-order valence-electron chi connectivity index (χ1n) is 8.62. The summed E-state index contributed by atoms with van der Waals surface area (Å²) in [6.45, 7) is 1.88. The maximum atomic E-state index is 12.8. The number of pyridine rings is 1. The molecule has 0 saturated heterocycles. The van der Waals surface area contributed by atoms with E-state index in [0.29, 0.717) is 11.5 Å². The van der Waals surface area contributed by atoms with Crippen molar-refractivity contribution in [2.24, 2.45) is 5.10 Å². The van der Waals surface area contributed by atoms with E-state index in [4.69, 9.17) is 4.98 Å². The lowest BCUT2D eigenvalue weighted by atomic mass is 10.1. The van der Waals surface area contributed by atoms with Crippen molar-refractivity contribution < 1.29 is 4.79 Å². The Labute approximate surface area is 160 Å². The molecule has 1 aliphatic rings. The van der Waals surface area contributed by atoms with Crippen LogP contribution in [0, 0.1) is 0 Å². The lowest BCUT2D eigenvalue weighted by Crippen LogP contribution is -2.20. The predicted molar refractivity (Wildman–Crippen MR) is 108 cm³/mol. The molecule has 1 amide bonds. The quantitative estimate of drug-likeness (QED) is 0.486. The first-order chi connectivity index (χ1) is 12.6. The largest absolute Gasteiger partial charge is 0.272 e. The number of aromatic nitrogens is 1. The monoisotopic (exact) mass is 407 g/mol. The minimum Gasteiger partial charge on any atom is -0.267 e. The van der Waals surface area contributed by atoms with Gasteiger partial charge in [-0.2, -0.15) is 5.10 Å². The zero-order chi connectivity index (χ0) is 18.1. The fourth-order valence-electron chi connectivity index (χ4n) is 2.92. The van der Waals surface area contributed by atoms with Gasteiger partial charge in [0.15, 0.2) is 0 Å².